The number of likely N-dealkylation sites (tertiary alicyclic amines) is 1. The first-order valence-corrected chi connectivity index (χ1v) is 9.84. The Balaban J connectivity index is 1.22. The normalized spacial score (nSPS) is 15.2. The summed E-state index contributed by atoms with van der Waals surface area (Å²) in [6, 6.07) is 26.4. The van der Waals surface area contributed by atoms with Crippen LogP contribution in [0.15, 0.2) is 72.8 Å². The molecule has 142 valence electrons. The molecule has 5 rings (SSSR count). The summed E-state index contributed by atoms with van der Waals surface area (Å²) >= 11 is 0. The van der Waals surface area contributed by atoms with Crippen LogP contribution < -0.4 is 0 Å². The highest BCUT2D eigenvalue weighted by Gasteiger charge is 2.34. The van der Waals surface area contributed by atoms with Gasteiger partial charge in [0.1, 0.15) is 6.61 Å². The molecular formula is C25H20N2O2. The second kappa shape index (κ2) is 7.10. The molecule has 1 heterocycles. The lowest BCUT2D eigenvalue weighted by Gasteiger charge is -2.38. The summed E-state index contributed by atoms with van der Waals surface area (Å²) in [5.74, 6) is 0.394. The fourth-order valence-corrected chi connectivity index (χ4v) is 4.35. The van der Waals surface area contributed by atoms with Crippen molar-refractivity contribution in [1.29, 1.82) is 5.26 Å². The molecule has 0 radical (unpaired) electrons. The van der Waals surface area contributed by atoms with Crippen LogP contribution in [0.2, 0.25) is 0 Å². The Bertz CT molecular complexity index is 1060. The van der Waals surface area contributed by atoms with Crippen LogP contribution in [0.5, 0.6) is 0 Å². The molecule has 1 aliphatic carbocycles. The van der Waals surface area contributed by atoms with E-state index in [2.05, 4.69) is 30.3 Å². The van der Waals surface area contributed by atoms with Crippen molar-refractivity contribution in [2.24, 2.45) is 0 Å². The summed E-state index contributed by atoms with van der Waals surface area (Å²) in [6.45, 7) is 1.66. The molecule has 1 fully saturated rings. The molecule has 0 spiro atoms. The first kappa shape index (κ1) is 17.5. The maximum atomic E-state index is 12.5. The summed E-state index contributed by atoms with van der Waals surface area (Å²) in [5, 5.41) is 8.91. The zero-order valence-corrected chi connectivity index (χ0v) is 15.9. The van der Waals surface area contributed by atoms with Gasteiger partial charge in [-0.05, 0) is 39.9 Å². The Labute approximate surface area is 170 Å². The number of benzene rings is 3. The molecule has 3 aromatic rings. The lowest BCUT2D eigenvalue weighted by molar-refractivity contribution is 0.0695. The van der Waals surface area contributed by atoms with Crippen molar-refractivity contribution in [2.75, 3.05) is 19.7 Å². The maximum absolute atomic E-state index is 12.5. The molecule has 1 aliphatic heterocycles. The van der Waals surface area contributed by atoms with E-state index in [1.54, 1.807) is 4.90 Å². The monoisotopic (exact) mass is 380 g/mol. The van der Waals surface area contributed by atoms with Crippen molar-refractivity contribution in [1.82, 2.24) is 4.90 Å². The van der Waals surface area contributed by atoms with Crippen molar-refractivity contribution < 1.29 is 9.53 Å². The van der Waals surface area contributed by atoms with Crippen molar-refractivity contribution in [3.8, 4) is 17.2 Å². The van der Waals surface area contributed by atoms with E-state index in [9.17, 15) is 4.79 Å². The van der Waals surface area contributed by atoms with Crippen LogP contribution in [0, 0.1) is 11.3 Å². The second-order valence-corrected chi connectivity index (χ2v) is 7.64. The average molecular weight is 380 g/mol. The van der Waals surface area contributed by atoms with E-state index in [1.807, 2.05) is 48.5 Å². The first-order valence-electron chi connectivity index (χ1n) is 9.84. The fourth-order valence-electron chi connectivity index (χ4n) is 4.35. The third kappa shape index (κ3) is 3.05. The number of hydrogen-bond donors (Lipinski definition) is 0. The van der Waals surface area contributed by atoms with Gasteiger partial charge in [0, 0.05) is 24.9 Å². The first-order chi connectivity index (χ1) is 14.2. The van der Waals surface area contributed by atoms with Crippen LogP contribution in [0.3, 0.4) is 0 Å². The predicted octanol–water partition coefficient (Wildman–Crippen LogP) is 4.91. The standard InChI is InChI=1S/C25H20N2O2/c26-13-17-9-11-18(12-10-17)19-14-27(15-19)25(28)29-16-24-22-7-3-1-5-20(22)21-6-2-4-8-23(21)24/h1-12,19,24H,14-16H2. The van der Waals surface area contributed by atoms with Crippen LogP contribution >= 0.6 is 0 Å². The summed E-state index contributed by atoms with van der Waals surface area (Å²) < 4.78 is 5.71. The summed E-state index contributed by atoms with van der Waals surface area (Å²) in [4.78, 5) is 14.3. The van der Waals surface area contributed by atoms with Gasteiger partial charge in [0.2, 0.25) is 0 Å². The molecule has 0 aromatic heterocycles. The Morgan fingerprint density at radius 3 is 2.10 bits per heavy atom. The quantitative estimate of drug-likeness (QED) is 0.649. The van der Waals surface area contributed by atoms with Gasteiger partial charge in [0.25, 0.3) is 0 Å². The highest BCUT2D eigenvalue weighted by molar-refractivity contribution is 5.79. The van der Waals surface area contributed by atoms with Crippen LogP contribution in [-0.4, -0.2) is 30.7 Å². The zero-order chi connectivity index (χ0) is 19.8. The van der Waals surface area contributed by atoms with Crippen LogP contribution in [0.4, 0.5) is 4.79 Å². The van der Waals surface area contributed by atoms with Gasteiger partial charge in [-0.3, -0.25) is 0 Å². The number of ether oxygens (including phenoxy) is 1. The second-order valence-electron chi connectivity index (χ2n) is 7.64. The van der Waals surface area contributed by atoms with E-state index in [4.69, 9.17) is 10.00 Å². The lowest BCUT2D eigenvalue weighted by Crippen LogP contribution is -2.48. The van der Waals surface area contributed by atoms with Gasteiger partial charge < -0.3 is 9.64 Å². The molecule has 4 nitrogen and oxygen atoms in total. The van der Waals surface area contributed by atoms with Crippen molar-refractivity contribution >= 4 is 6.09 Å². The number of fused-ring (bicyclic) bond motifs is 3. The Morgan fingerprint density at radius 2 is 1.52 bits per heavy atom. The van der Waals surface area contributed by atoms with Gasteiger partial charge >= 0.3 is 6.09 Å². The summed E-state index contributed by atoms with van der Waals surface area (Å²) in [5.41, 5.74) is 6.72. The van der Waals surface area contributed by atoms with E-state index in [1.165, 1.54) is 22.3 Å². The van der Waals surface area contributed by atoms with Gasteiger partial charge in [-0.1, -0.05) is 60.7 Å². The molecule has 1 saturated heterocycles. The molecule has 1 amide bonds. The SMILES string of the molecule is N#Cc1ccc(C2CN(C(=O)OCC3c4ccccc4-c4ccccc43)C2)cc1. The molecule has 0 bridgehead atoms. The molecule has 0 N–H and O–H groups in total. The fraction of sp³-hybridized carbons (Fsp3) is 0.200. The van der Waals surface area contributed by atoms with E-state index >= 15 is 0 Å². The van der Waals surface area contributed by atoms with Crippen molar-refractivity contribution in [3.63, 3.8) is 0 Å². The molecule has 0 atom stereocenters. The molecule has 2 aliphatic rings. The van der Waals surface area contributed by atoms with Crippen molar-refractivity contribution in [3.05, 3.63) is 95.1 Å². The Morgan fingerprint density at radius 1 is 0.931 bits per heavy atom. The highest BCUT2D eigenvalue weighted by Crippen LogP contribution is 2.44. The van der Waals surface area contributed by atoms with E-state index < -0.39 is 0 Å². The minimum Gasteiger partial charge on any atom is -0.448 e. The highest BCUT2D eigenvalue weighted by atomic mass is 16.6. The number of nitrogens with zero attached hydrogens (tertiary/aromatic N) is 2. The lowest BCUT2D eigenvalue weighted by atomic mass is 9.91. The molecule has 0 saturated carbocycles. The van der Waals surface area contributed by atoms with Gasteiger partial charge in [0.15, 0.2) is 0 Å². The smallest absolute Gasteiger partial charge is 0.409 e. The van der Waals surface area contributed by atoms with Crippen LogP contribution in [0.1, 0.15) is 34.1 Å². The van der Waals surface area contributed by atoms with Crippen LogP contribution in [-0.2, 0) is 4.74 Å². The number of rotatable bonds is 3. The molecular weight excluding hydrogens is 360 g/mol. The minimum absolute atomic E-state index is 0.0851. The number of hydrogen-bond acceptors (Lipinski definition) is 3. The summed E-state index contributed by atoms with van der Waals surface area (Å²) in [7, 11) is 0. The van der Waals surface area contributed by atoms with E-state index in [-0.39, 0.29) is 12.0 Å². The zero-order valence-electron chi connectivity index (χ0n) is 15.9. The largest absolute Gasteiger partial charge is 0.448 e. The average Bonchev–Trinajstić information content (AvgIpc) is 3.05. The van der Waals surface area contributed by atoms with Crippen LogP contribution in [0.25, 0.3) is 11.1 Å². The number of nitriles is 1. The number of carbonyl (C=O) groups excluding carboxylic acids is 1. The summed E-state index contributed by atoms with van der Waals surface area (Å²) in [6.07, 6.45) is -0.253. The molecule has 4 heteroatoms. The maximum Gasteiger partial charge on any atom is 0.409 e. The Hall–Kier alpha value is -3.58. The molecule has 29 heavy (non-hydrogen) atoms. The minimum atomic E-state index is -0.253. The molecule has 0 unspecified atom stereocenters. The third-order valence-corrected chi connectivity index (χ3v) is 5.99. The van der Waals surface area contributed by atoms with E-state index in [0.717, 1.165) is 5.56 Å². The van der Waals surface area contributed by atoms with Gasteiger partial charge in [-0.2, -0.15) is 5.26 Å². The number of carbonyl (C=O) groups is 1. The van der Waals surface area contributed by atoms with Gasteiger partial charge in [-0.15, -0.1) is 0 Å². The Kier molecular flexibility index (Phi) is 4.29. The molecule has 3 aromatic carbocycles. The van der Waals surface area contributed by atoms with Crippen molar-refractivity contribution in [2.45, 2.75) is 11.8 Å². The topological polar surface area (TPSA) is 53.3 Å². The number of amides is 1. The predicted molar refractivity (Wildman–Crippen MR) is 111 cm³/mol. The van der Waals surface area contributed by atoms with Gasteiger partial charge in [0.05, 0.1) is 11.6 Å². The third-order valence-electron chi connectivity index (χ3n) is 5.99. The van der Waals surface area contributed by atoms with Gasteiger partial charge in [-0.25, -0.2) is 4.79 Å². The van der Waals surface area contributed by atoms with E-state index in [0.29, 0.717) is 31.2 Å².